The SMILES string of the molecule is CC(C)CC[C@H](O)[C@H](N)c1cc(O)ccc1O. The molecule has 4 nitrogen and oxygen atoms in total. The fraction of sp³-hybridized carbons (Fsp3) is 0.538. The molecule has 0 fully saturated rings. The molecule has 17 heavy (non-hydrogen) atoms. The van der Waals surface area contributed by atoms with Crippen LogP contribution in [0.5, 0.6) is 11.5 Å². The van der Waals surface area contributed by atoms with E-state index in [1.807, 2.05) is 0 Å². The molecule has 5 N–H and O–H groups in total. The predicted molar refractivity (Wildman–Crippen MR) is 66.8 cm³/mol. The Morgan fingerprint density at radius 2 is 1.82 bits per heavy atom. The number of aromatic hydroxyl groups is 2. The van der Waals surface area contributed by atoms with E-state index in [4.69, 9.17) is 5.73 Å². The van der Waals surface area contributed by atoms with Crippen LogP contribution in [0.2, 0.25) is 0 Å². The number of hydrogen-bond donors (Lipinski definition) is 4. The van der Waals surface area contributed by atoms with E-state index in [1.54, 1.807) is 0 Å². The van der Waals surface area contributed by atoms with Crippen LogP contribution in [0.3, 0.4) is 0 Å². The molecule has 2 atom stereocenters. The Morgan fingerprint density at radius 3 is 2.41 bits per heavy atom. The van der Waals surface area contributed by atoms with Crippen molar-refractivity contribution in [2.75, 3.05) is 0 Å². The number of nitrogens with two attached hydrogens (primary N) is 1. The lowest BCUT2D eigenvalue weighted by atomic mass is 9.95. The van der Waals surface area contributed by atoms with E-state index in [1.165, 1.54) is 18.2 Å². The van der Waals surface area contributed by atoms with E-state index < -0.39 is 12.1 Å². The van der Waals surface area contributed by atoms with Gasteiger partial charge in [-0.05, 0) is 37.0 Å². The maximum absolute atomic E-state index is 9.92. The lowest BCUT2D eigenvalue weighted by Gasteiger charge is -2.21. The first-order valence-electron chi connectivity index (χ1n) is 5.87. The van der Waals surface area contributed by atoms with Gasteiger partial charge in [-0.3, -0.25) is 0 Å². The van der Waals surface area contributed by atoms with Gasteiger partial charge < -0.3 is 21.1 Å². The number of phenols is 2. The summed E-state index contributed by atoms with van der Waals surface area (Å²) in [4.78, 5) is 0. The third-order valence-corrected chi connectivity index (χ3v) is 2.82. The number of hydrogen-bond acceptors (Lipinski definition) is 4. The maximum atomic E-state index is 9.92. The first-order chi connectivity index (χ1) is 7.91. The Labute approximate surface area is 102 Å². The van der Waals surface area contributed by atoms with Crippen LogP contribution in [0.1, 0.15) is 38.3 Å². The number of benzene rings is 1. The van der Waals surface area contributed by atoms with Crippen molar-refractivity contribution in [2.45, 2.75) is 38.8 Å². The largest absolute Gasteiger partial charge is 0.508 e. The van der Waals surface area contributed by atoms with E-state index >= 15 is 0 Å². The fourth-order valence-electron chi connectivity index (χ4n) is 1.70. The Kier molecular flexibility index (Phi) is 4.78. The zero-order valence-electron chi connectivity index (χ0n) is 10.3. The number of aliphatic hydroxyl groups is 1. The third-order valence-electron chi connectivity index (χ3n) is 2.82. The van der Waals surface area contributed by atoms with Gasteiger partial charge in [-0.1, -0.05) is 13.8 Å². The summed E-state index contributed by atoms with van der Waals surface area (Å²) in [6.07, 6.45) is 0.729. The second-order valence-electron chi connectivity index (χ2n) is 4.81. The van der Waals surface area contributed by atoms with Crippen LogP contribution in [0.15, 0.2) is 18.2 Å². The minimum atomic E-state index is -0.718. The summed E-state index contributed by atoms with van der Waals surface area (Å²) in [6.45, 7) is 4.15. The molecule has 0 saturated carbocycles. The minimum Gasteiger partial charge on any atom is -0.508 e. The number of aliphatic hydroxyl groups excluding tert-OH is 1. The second kappa shape index (κ2) is 5.89. The monoisotopic (exact) mass is 239 g/mol. The Morgan fingerprint density at radius 1 is 1.18 bits per heavy atom. The molecule has 0 aliphatic carbocycles. The summed E-state index contributed by atoms with van der Waals surface area (Å²) in [6, 6.07) is 3.46. The molecule has 1 aromatic carbocycles. The van der Waals surface area contributed by atoms with Crippen molar-refractivity contribution in [2.24, 2.45) is 11.7 Å². The smallest absolute Gasteiger partial charge is 0.120 e. The summed E-state index contributed by atoms with van der Waals surface area (Å²) >= 11 is 0. The van der Waals surface area contributed by atoms with Gasteiger partial charge in [0.05, 0.1) is 12.1 Å². The van der Waals surface area contributed by atoms with Crippen LogP contribution >= 0.6 is 0 Å². The Balaban J connectivity index is 2.74. The first kappa shape index (κ1) is 13.8. The van der Waals surface area contributed by atoms with E-state index in [-0.39, 0.29) is 11.5 Å². The molecule has 0 heterocycles. The molecule has 0 aliphatic rings. The van der Waals surface area contributed by atoms with E-state index in [9.17, 15) is 15.3 Å². The van der Waals surface area contributed by atoms with Crippen molar-refractivity contribution < 1.29 is 15.3 Å². The number of rotatable bonds is 5. The Bertz CT molecular complexity index is 366. The van der Waals surface area contributed by atoms with Crippen molar-refractivity contribution in [3.8, 4) is 11.5 Å². The highest BCUT2D eigenvalue weighted by molar-refractivity contribution is 5.40. The lowest BCUT2D eigenvalue weighted by molar-refractivity contribution is 0.127. The summed E-state index contributed by atoms with van der Waals surface area (Å²) in [5.74, 6) is 0.526. The van der Waals surface area contributed by atoms with Crippen molar-refractivity contribution >= 4 is 0 Å². The molecule has 4 heteroatoms. The average Bonchev–Trinajstić information content (AvgIpc) is 2.28. The van der Waals surface area contributed by atoms with Gasteiger partial charge in [0.2, 0.25) is 0 Å². The van der Waals surface area contributed by atoms with Crippen LogP contribution in [0.25, 0.3) is 0 Å². The van der Waals surface area contributed by atoms with Gasteiger partial charge in [0.25, 0.3) is 0 Å². The molecule has 0 aromatic heterocycles. The molecule has 1 rings (SSSR count). The van der Waals surface area contributed by atoms with Gasteiger partial charge in [0, 0.05) is 5.56 Å². The highest BCUT2D eigenvalue weighted by Crippen LogP contribution is 2.29. The van der Waals surface area contributed by atoms with Gasteiger partial charge in [0.1, 0.15) is 11.5 Å². The molecule has 0 unspecified atom stereocenters. The molecular weight excluding hydrogens is 218 g/mol. The van der Waals surface area contributed by atoms with E-state index in [0.29, 0.717) is 17.9 Å². The van der Waals surface area contributed by atoms with Crippen LogP contribution in [-0.2, 0) is 0 Å². The zero-order valence-corrected chi connectivity index (χ0v) is 10.3. The first-order valence-corrected chi connectivity index (χ1v) is 5.87. The lowest BCUT2D eigenvalue weighted by Crippen LogP contribution is -2.26. The minimum absolute atomic E-state index is 0.00102. The number of phenolic OH excluding ortho intramolecular Hbond substituents is 2. The molecule has 0 radical (unpaired) electrons. The zero-order chi connectivity index (χ0) is 13.0. The average molecular weight is 239 g/mol. The van der Waals surface area contributed by atoms with Crippen molar-refractivity contribution in [1.29, 1.82) is 0 Å². The Hall–Kier alpha value is -1.26. The molecular formula is C13H21NO3. The molecule has 0 bridgehead atoms. The molecule has 0 aliphatic heterocycles. The summed E-state index contributed by atoms with van der Waals surface area (Å²) < 4.78 is 0. The molecule has 1 aromatic rings. The molecule has 0 amide bonds. The van der Waals surface area contributed by atoms with Gasteiger partial charge in [0.15, 0.2) is 0 Å². The molecule has 0 saturated heterocycles. The summed E-state index contributed by atoms with van der Waals surface area (Å²) in [7, 11) is 0. The van der Waals surface area contributed by atoms with Crippen LogP contribution in [0, 0.1) is 5.92 Å². The van der Waals surface area contributed by atoms with Gasteiger partial charge in [-0.2, -0.15) is 0 Å². The van der Waals surface area contributed by atoms with Crippen LogP contribution in [0.4, 0.5) is 0 Å². The quantitative estimate of drug-likeness (QED) is 0.591. The highest BCUT2D eigenvalue weighted by Gasteiger charge is 2.20. The van der Waals surface area contributed by atoms with Crippen LogP contribution in [-0.4, -0.2) is 21.4 Å². The topological polar surface area (TPSA) is 86.7 Å². The molecule has 0 spiro atoms. The summed E-state index contributed by atoms with van der Waals surface area (Å²) in [5, 5.41) is 28.9. The normalized spacial score (nSPS) is 14.9. The standard InChI is InChI=1S/C13H21NO3/c1-8(2)3-5-12(17)13(14)10-7-9(15)4-6-11(10)16/h4,6-8,12-13,15-17H,3,5,14H2,1-2H3/t12-,13+/m0/s1. The van der Waals surface area contributed by atoms with Gasteiger partial charge in [-0.15, -0.1) is 0 Å². The fourth-order valence-corrected chi connectivity index (χ4v) is 1.70. The highest BCUT2D eigenvalue weighted by atomic mass is 16.3. The van der Waals surface area contributed by atoms with Crippen molar-refractivity contribution in [3.63, 3.8) is 0 Å². The summed E-state index contributed by atoms with van der Waals surface area (Å²) in [5.41, 5.74) is 6.25. The third kappa shape index (κ3) is 3.91. The predicted octanol–water partition coefficient (Wildman–Crippen LogP) is 1.89. The van der Waals surface area contributed by atoms with Gasteiger partial charge >= 0.3 is 0 Å². The molecule has 96 valence electrons. The van der Waals surface area contributed by atoms with E-state index in [2.05, 4.69) is 13.8 Å². The van der Waals surface area contributed by atoms with Crippen molar-refractivity contribution in [3.05, 3.63) is 23.8 Å². The van der Waals surface area contributed by atoms with E-state index in [0.717, 1.165) is 6.42 Å². The van der Waals surface area contributed by atoms with Crippen LogP contribution < -0.4 is 5.73 Å². The second-order valence-corrected chi connectivity index (χ2v) is 4.81. The maximum Gasteiger partial charge on any atom is 0.120 e. The van der Waals surface area contributed by atoms with Crippen molar-refractivity contribution in [1.82, 2.24) is 0 Å². The van der Waals surface area contributed by atoms with Gasteiger partial charge in [-0.25, -0.2) is 0 Å².